The van der Waals surface area contributed by atoms with Gasteiger partial charge in [-0.3, -0.25) is 0 Å². The maximum atomic E-state index is 9.16. The Kier molecular flexibility index (Phi) is 2.20. The Labute approximate surface area is 77.1 Å². The van der Waals surface area contributed by atoms with Gasteiger partial charge in [-0.05, 0) is 36.1 Å². The molecule has 0 aromatic heterocycles. The standard InChI is InChI=1S/C10H13NO2/c11-10(12)8-3-4-9-7(6-8)2-1-5-13-9/h3-4,6,10,12H,1-2,5,11H2. The second-order valence-electron chi connectivity index (χ2n) is 3.26. The Morgan fingerprint density at radius 2 is 2.31 bits per heavy atom. The first-order valence-corrected chi connectivity index (χ1v) is 4.46. The van der Waals surface area contributed by atoms with E-state index in [-0.39, 0.29) is 0 Å². The Morgan fingerprint density at radius 3 is 3.08 bits per heavy atom. The fraction of sp³-hybridized carbons (Fsp3) is 0.400. The van der Waals surface area contributed by atoms with E-state index in [1.807, 2.05) is 12.1 Å². The Bertz CT molecular complexity index is 310. The number of fused-ring (bicyclic) bond motifs is 1. The van der Waals surface area contributed by atoms with Crippen LogP contribution in [-0.2, 0) is 6.42 Å². The van der Waals surface area contributed by atoms with Crippen molar-refractivity contribution in [2.45, 2.75) is 19.1 Å². The van der Waals surface area contributed by atoms with Crippen molar-refractivity contribution in [1.82, 2.24) is 0 Å². The minimum absolute atomic E-state index is 0.754. The first kappa shape index (κ1) is 8.53. The van der Waals surface area contributed by atoms with Crippen LogP contribution >= 0.6 is 0 Å². The molecular formula is C10H13NO2. The van der Waals surface area contributed by atoms with Crippen LogP contribution in [0.1, 0.15) is 23.8 Å². The molecule has 2 rings (SSSR count). The van der Waals surface area contributed by atoms with Crippen LogP contribution in [0.5, 0.6) is 5.75 Å². The van der Waals surface area contributed by atoms with Gasteiger partial charge in [0.1, 0.15) is 12.0 Å². The Balaban J connectivity index is 2.35. The highest BCUT2D eigenvalue weighted by atomic mass is 16.5. The molecular weight excluding hydrogens is 166 g/mol. The number of hydrogen-bond acceptors (Lipinski definition) is 3. The lowest BCUT2D eigenvalue weighted by Gasteiger charge is -2.18. The van der Waals surface area contributed by atoms with Crippen LogP contribution in [-0.4, -0.2) is 11.7 Å². The Hall–Kier alpha value is -1.06. The summed E-state index contributed by atoms with van der Waals surface area (Å²) in [7, 11) is 0. The fourth-order valence-corrected chi connectivity index (χ4v) is 1.56. The van der Waals surface area contributed by atoms with Crippen molar-refractivity contribution in [3.63, 3.8) is 0 Å². The van der Waals surface area contributed by atoms with Gasteiger partial charge >= 0.3 is 0 Å². The lowest BCUT2D eigenvalue weighted by atomic mass is 10.0. The van der Waals surface area contributed by atoms with Crippen LogP contribution in [0.4, 0.5) is 0 Å². The van der Waals surface area contributed by atoms with E-state index in [9.17, 15) is 0 Å². The molecule has 1 unspecified atom stereocenters. The molecule has 3 heteroatoms. The largest absolute Gasteiger partial charge is 0.493 e. The van der Waals surface area contributed by atoms with Gasteiger partial charge in [-0.1, -0.05) is 6.07 Å². The van der Waals surface area contributed by atoms with Crippen LogP contribution in [0.3, 0.4) is 0 Å². The number of hydrogen-bond donors (Lipinski definition) is 2. The minimum Gasteiger partial charge on any atom is -0.493 e. The summed E-state index contributed by atoms with van der Waals surface area (Å²) in [4.78, 5) is 0. The average Bonchev–Trinajstić information content (AvgIpc) is 2.17. The molecule has 0 radical (unpaired) electrons. The summed E-state index contributed by atoms with van der Waals surface area (Å²) in [5, 5.41) is 9.16. The molecule has 0 saturated heterocycles. The van der Waals surface area contributed by atoms with E-state index in [0.29, 0.717) is 0 Å². The smallest absolute Gasteiger partial charge is 0.128 e. The summed E-state index contributed by atoms with van der Waals surface area (Å²) in [5.41, 5.74) is 7.26. The van der Waals surface area contributed by atoms with E-state index in [1.165, 1.54) is 0 Å². The molecule has 13 heavy (non-hydrogen) atoms. The second kappa shape index (κ2) is 3.36. The zero-order valence-corrected chi connectivity index (χ0v) is 7.36. The van der Waals surface area contributed by atoms with Crippen LogP contribution in [0.15, 0.2) is 18.2 Å². The lowest BCUT2D eigenvalue weighted by molar-refractivity contribution is 0.186. The maximum absolute atomic E-state index is 9.16. The highest BCUT2D eigenvalue weighted by Gasteiger charge is 2.11. The molecule has 1 aromatic rings. The number of aliphatic hydroxyl groups excluding tert-OH is 1. The van der Waals surface area contributed by atoms with Crippen molar-refractivity contribution in [1.29, 1.82) is 0 Å². The molecule has 70 valence electrons. The monoisotopic (exact) mass is 179 g/mol. The average molecular weight is 179 g/mol. The van der Waals surface area contributed by atoms with E-state index in [0.717, 1.165) is 36.3 Å². The third kappa shape index (κ3) is 1.66. The van der Waals surface area contributed by atoms with Gasteiger partial charge in [0.2, 0.25) is 0 Å². The second-order valence-corrected chi connectivity index (χ2v) is 3.26. The van der Waals surface area contributed by atoms with Gasteiger partial charge in [-0.15, -0.1) is 0 Å². The van der Waals surface area contributed by atoms with Gasteiger partial charge in [0, 0.05) is 0 Å². The predicted molar refractivity (Wildman–Crippen MR) is 49.4 cm³/mol. The van der Waals surface area contributed by atoms with Gasteiger partial charge < -0.3 is 15.6 Å². The summed E-state index contributed by atoms with van der Waals surface area (Å²) in [6, 6.07) is 5.59. The van der Waals surface area contributed by atoms with Crippen molar-refractivity contribution < 1.29 is 9.84 Å². The minimum atomic E-state index is -0.882. The molecule has 3 N–H and O–H groups in total. The fourth-order valence-electron chi connectivity index (χ4n) is 1.56. The number of aryl methyl sites for hydroxylation is 1. The first-order chi connectivity index (χ1) is 6.27. The zero-order valence-electron chi connectivity index (χ0n) is 7.36. The van der Waals surface area contributed by atoms with Gasteiger partial charge in [0.25, 0.3) is 0 Å². The summed E-state index contributed by atoms with van der Waals surface area (Å²) in [5.74, 6) is 0.927. The number of rotatable bonds is 1. The van der Waals surface area contributed by atoms with Crippen molar-refractivity contribution in [2.75, 3.05) is 6.61 Å². The van der Waals surface area contributed by atoms with Crippen LogP contribution in [0, 0.1) is 0 Å². The molecule has 0 amide bonds. The number of nitrogens with two attached hydrogens (primary N) is 1. The molecule has 1 heterocycles. The van der Waals surface area contributed by atoms with Crippen molar-refractivity contribution in [3.05, 3.63) is 29.3 Å². The molecule has 0 aliphatic carbocycles. The van der Waals surface area contributed by atoms with E-state index in [1.54, 1.807) is 6.07 Å². The van der Waals surface area contributed by atoms with Gasteiger partial charge in [0.05, 0.1) is 6.61 Å². The van der Waals surface area contributed by atoms with Crippen LogP contribution in [0.25, 0.3) is 0 Å². The molecule has 0 fully saturated rings. The SMILES string of the molecule is NC(O)c1ccc2c(c1)CCCO2. The quantitative estimate of drug-likeness (QED) is 0.631. The lowest BCUT2D eigenvalue weighted by Crippen LogP contribution is -2.12. The topological polar surface area (TPSA) is 55.5 Å². The van der Waals surface area contributed by atoms with E-state index in [2.05, 4.69) is 0 Å². The zero-order chi connectivity index (χ0) is 9.26. The van der Waals surface area contributed by atoms with Gasteiger partial charge in [0.15, 0.2) is 0 Å². The summed E-state index contributed by atoms with van der Waals surface area (Å²) in [6.45, 7) is 0.789. The molecule has 0 spiro atoms. The normalized spacial score (nSPS) is 17.4. The molecule has 1 aromatic carbocycles. The summed E-state index contributed by atoms with van der Waals surface area (Å²) < 4.78 is 5.44. The van der Waals surface area contributed by atoms with Crippen molar-refractivity contribution >= 4 is 0 Å². The van der Waals surface area contributed by atoms with Crippen LogP contribution < -0.4 is 10.5 Å². The molecule has 0 bridgehead atoms. The third-order valence-corrected chi connectivity index (χ3v) is 2.27. The first-order valence-electron chi connectivity index (χ1n) is 4.46. The number of benzene rings is 1. The van der Waals surface area contributed by atoms with Gasteiger partial charge in [-0.25, -0.2) is 0 Å². The predicted octanol–water partition coefficient (Wildman–Crippen LogP) is 0.961. The van der Waals surface area contributed by atoms with E-state index >= 15 is 0 Å². The summed E-state index contributed by atoms with van der Waals surface area (Å²) >= 11 is 0. The molecule has 1 atom stereocenters. The van der Waals surface area contributed by atoms with Crippen molar-refractivity contribution in [3.8, 4) is 5.75 Å². The van der Waals surface area contributed by atoms with Crippen LogP contribution in [0.2, 0.25) is 0 Å². The molecule has 0 saturated carbocycles. The summed E-state index contributed by atoms with van der Waals surface area (Å²) in [6.07, 6.45) is 1.17. The number of ether oxygens (including phenoxy) is 1. The highest BCUT2D eigenvalue weighted by molar-refractivity contribution is 5.39. The highest BCUT2D eigenvalue weighted by Crippen LogP contribution is 2.26. The molecule has 1 aliphatic heterocycles. The Morgan fingerprint density at radius 1 is 1.46 bits per heavy atom. The third-order valence-electron chi connectivity index (χ3n) is 2.27. The van der Waals surface area contributed by atoms with E-state index < -0.39 is 6.23 Å². The van der Waals surface area contributed by atoms with Crippen molar-refractivity contribution in [2.24, 2.45) is 5.73 Å². The molecule has 3 nitrogen and oxygen atoms in total. The maximum Gasteiger partial charge on any atom is 0.128 e. The van der Waals surface area contributed by atoms with E-state index in [4.69, 9.17) is 15.6 Å². The van der Waals surface area contributed by atoms with Gasteiger partial charge in [-0.2, -0.15) is 0 Å². The molecule has 1 aliphatic rings. The number of aliphatic hydroxyl groups is 1.